The SMILES string of the molecule is O=C1NC(=O)N(Cc2ccco2)C(=O)/C1=C/c1cccc(OCc2ccc(F)cc2)c1. The molecule has 156 valence electrons. The highest BCUT2D eigenvalue weighted by molar-refractivity contribution is 6.30. The molecular formula is C23H17FN2O5. The predicted molar refractivity (Wildman–Crippen MR) is 108 cm³/mol. The lowest BCUT2D eigenvalue weighted by atomic mass is 10.1. The monoisotopic (exact) mass is 420 g/mol. The summed E-state index contributed by atoms with van der Waals surface area (Å²) in [6.45, 7) is 0.133. The molecule has 0 spiro atoms. The Bertz CT molecular complexity index is 1150. The Kier molecular flexibility index (Phi) is 5.61. The number of hydrogen-bond acceptors (Lipinski definition) is 5. The molecule has 1 N–H and O–H groups in total. The molecule has 3 aromatic rings. The van der Waals surface area contributed by atoms with Gasteiger partial charge in [0.2, 0.25) is 0 Å². The van der Waals surface area contributed by atoms with Crippen LogP contribution < -0.4 is 10.1 Å². The lowest BCUT2D eigenvalue weighted by molar-refractivity contribution is -0.130. The number of carbonyl (C=O) groups excluding carboxylic acids is 3. The quantitative estimate of drug-likeness (QED) is 0.486. The van der Waals surface area contributed by atoms with Gasteiger partial charge in [-0.05, 0) is 53.6 Å². The summed E-state index contributed by atoms with van der Waals surface area (Å²) in [5.41, 5.74) is 1.16. The van der Waals surface area contributed by atoms with Gasteiger partial charge in [-0.3, -0.25) is 19.8 Å². The van der Waals surface area contributed by atoms with Gasteiger partial charge >= 0.3 is 6.03 Å². The first-order chi connectivity index (χ1) is 15.0. The summed E-state index contributed by atoms with van der Waals surface area (Å²) < 4.78 is 23.9. The number of ether oxygens (including phenoxy) is 1. The van der Waals surface area contributed by atoms with Crippen molar-refractivity contribution in [1.29, 1.82) is 0 Å². The maximum atomic E-state index is 13.0. The van der Waals surface area contributed by atoms with Gasteiger partial charge in [-0.2, -0.15) is 0 Å². The summed E-state index contributed by atoms with van der Waals surface area (Å²) in [5.74, 6) is -0.905. The summed E-state index contributed by atoms with van der Waals surface area (Å²) in [5, 5.41) is 2.16. The fraction of sp³-hybridized carbons (Fsp3) is 0.0870. The van der Waals surface area contributed by atoms with Crippen LogP contribution in [0, 0.1) is 5.82 Å². The van der Waals surface area contributed by atoms with Gasteiger partial charge in [-0.1, -0.05) is 24.3 Å². The summed E-state index contributed by atoms with van der Waals surface area (Å²) in [4.78, 5) is 38.0. The standard InChI is InChI=1S/C23H17FN2O5/c24-17-8-6-15(7-9-17)14-31-18-4-1-3-16(11-18)12-20-21(27)25-23(29)26(22(20)28)13-19-5-2-10-30-19/h1-12H,13-14H2,(H,25,27,29)/b20-12+. The molecule has 0 radical (unpaired) electrons. The van der Waals surface area contributed by atoms with Gasteiger partial charge in [0.1, 0.15) is 29.5 Å². The van der Waals surface area contributed by atoms with E-state index >= 15 is 0 Å². The minimum absolute atomic E-state index is 0.0941. The van der Waals surface area contributed by atoms with Gasteiger partial charge < -0.3 is 9.15 Å². The van der Waals surface area contributed by atoms with E-state index in [-0.39, 0.29) is 24.5 Å². The number of barbiturate groups is 1. The van der Waals surface area contributed by atoms with Crippen LogP contribution in [-0.2, 0) is 22.7 Å². The molecule has 0 atom stereocenters. The Morgan fingerprint density at radius 2 is 1.84 bits per heavy atom. The van der Waals surface area contributed by atoms with E-state index < -0.39 is 17.8 Å². The molecule has 2 heterocycles. The van der Waals surface area contributed by atoms with E-state index in [2.05, 4.69) is 5.32 Å². The Morgan fingerprint density at radius 3 is 2.58 bits per heavy atom. The van der Waals surface area contributed by atoms with Crippen molar-refractivity contribution in [3.63, 3.8) is 0 Å². The fourth-order valence-corrected chi connectivity index (χ4v) is 3.00. The van der Waals surface area contributed by atoms with Crippen molar-refractivity contribution >= 4 is 23.9 Å². The number of amides is 4. The second-order valence-electron chi connectivity index (χ2n) is 6.78. The topological polar surface area (TPSA) is 88.9 Å². The van der Waals surface area contributed by atoms with E-state index in [9.17, 15) is 18.8 Å². The molecule has 2 aromatic carbocycles. The molecule has 0 saturated carbocycles. The van der Waals surface area contributed by atoms with Crippen LogP contribution in [0.2, 0.25) is 0 Å². The van der Waals surface area contributed by atoms with E-state index in [0.29, 0.717) is 17.1 Å². The van der Waals surface area contributed by atoms with E-state index in [4.69, 9.17) is 9.15 Å². The highest BCUT2D eigenvalue weighted by atomic mass is 19.1. The maximum absolute atomic E-state index is 13.0. The minimum Gasteiger partial charge on any atom is -0.489 e. The number of hydrogen-bond donors (Lipinski definition) is 1. The number of nitrogens with one attached hydrogen (secondary N) is 1. The maximum Gasteiger partial charge on any atom is 0.331 e. The van der Waals surface area contributed by atoms with Crippen LogP contribution in [0.5, 0.6) is 5.75 Å². The average molecular weight is 420 g/mol. The van der Waals surface area contributed by atoms with Crippen molar-refractivity contribution < 1.29 is 27.9 Å². The van der Waals surface area contributed by atoms with Crippen molar-refractivity contribution in [2.24, 2.45) is 0 Å². The molecule has 7 nitrogen and oxygen atoms in total. The molecule has 0 unspecified atom stereocenters. The van der Waals surface area contributed by atoms with E-state index in [0.717, 1.165) is 10.5 Å². The summed E-state index contributed by atoms with van der Waals surface area (Å²) >= 11 is 0. The average Bonchev–Trinajstić information content (AvgIpc) is 3.27. The number of benzene rings is 2. The van der Waals surface area contributed by atoms with Gasteiger partial charge in [0.05, 0.1) is 12.8 Å². The molecule has 1 fully saturated rings. The minimum atomic E-state index is -0.806. The zero-order chi connectivity index (χ0) is 21.8. The van der Waals surface area contributed by atoms with Gasteiger partial charge in [-0.25, -0.2) is 9.18 Å². The molecule has 1 aliphatic heterocycles. The van der Waals surface area contributed by atoms with Gasteiger partial charge in [0.25, 0.3) is 11.8 Å². The first-order valence-corrected chi connectivity index (χ1v) is 9.38. The summed E-state index contributed by atoms with van der Waals surface area (Å²) in [6, 6.07) is 15.2. The number of rotatable bonds is 6. The summed E-state index contributed by atoms with van der Waals surface area (Å²) in [6.07, 6.45) is 2.82. The van der Waals surface area contributed by atoms with Gasteiger partial charge in [-0.15, -0.1) is 0 Å². The Labute approximate surface area is 176 Å². The van der Waals surface area contributed by atoms with Crippen molar-refractivity contribution in [2.45, 2.75) is 13.2 Å². The molecule has 1 saturated heterocycles. The van der Waals surface area contributed by atoms with Crippen LogP contribution >= 0.6 is 0 Å². The third-order valence-electron chi connectivity index (χ3n) is 4.57. The van der Waals surface area contributed by atoms with Crippen molar-refractivity contribution in [3.05, 3.63) is 95.2 Å². The normalized spacial score (nSPS) is 15.3. The van der Waals surface area contributed by atoms with Gasteiger partial charge in [0, 0.05) is 0 Å². The van der Waals surface area contributed by atoms with Gasteiger partial charge in [0.15, 0.2) is 0 Å². The van der Waals surface area contributed by atoms with Crippen molar-refractivity contribution in [2.75, 3.05) is 0 Å². The van der Waals surface area contributed by atoms with Crippen LogP contribution in [-0.4, -0.2) is 22.7 Å². The zero-order valence-electron chi connectivity index (χ0n) is 16.2. The van der Waals surface area contributed by atoms with Crippen LogP contribution in [0.4, 0.5) is 9.18 Å². The molecule has 0 aliphatic carbocycles. The highest BCUT2D eigenvalue weighted by Gasteiger charge is 2.36. The fourth-order valence-electron chi connectivity index (χ4n) is 3.00. The Balaban J connectivity index is 1.51. The lowest BCUT2D eigenvalue weighted by Gasteiger charge is -2.25. The molecule has 4 amide bonds. The first-order valence-electron chi connectivity index (χ1n) is 9.38. The number of urea groups is 1. The molecule has 31 heavy (non-hydrogen) atoms. The summed E-state index contributed by atoms with van der Waals surface area (Å²) in [7, 11) is 0. The molecule has 0 bridgehead atoms. The van der Waals surface area contributed by atoms with E-state index in [1.165, 1.54) is 24.5 Å². The smallest absolute Gasteiger partial charge is 0.331 e. The molecule has 1 aliphatic rings. The molecule has 1 aromatic heterocycles. The molecule has 4 rings (SSSR count). The second-order valence-corrected chi connectivity index (χ2v) is 6.78. The number of imide groups is 2. The largest absolute Gasteiger partial charge is 0.489 e. The third kappa shape index (κ3) is 4.69. The Morgan fingerprint density at radius 1 is 1.03 bits per heavy atom. The zero-order valence-corrected chi connectivity index (χ0v) is 16.2. The van der Waals surface area contributed by atoms with Crippen LogP contribution in [0.15, 0.2) is 76.9 Å². The van der Waals surface area contributed by atoms with Crippen LogP contribution in [0.1, 0.15) is 16.9 Å². The predicted octanol–water partition coefficient (Wildman–Crippen LogP) is 3.66. The molecule has 8 heteroatoms. The lowest BCUT2D eigenvalue weighted by Crippen LogP contribution is -2.53. The van der Waals surface area contributed by atoms with Crippen molar-refractivity contribution in [1.82, 2.24) is 10.2 Å². The number of carbonyl (C=O) groups is 3. The Hall–Kier alpha value is -4.20. The highest BCUT2D eigenvalue weighted by Crippen LogP contribution is 2.21. The number of nitrogens with zero attached hydrogens (tertiary/aromatic N) is 1. The number of halogens is 1. The van der Waals surface area contributed by atoms with E-state index in [1.807, 2.05) is 0 Å². The van der Waals surface area contributed by atoms with E-state index in [1.54, 1.807) is 48.5 Å². The van der Waals surface area contributed by atoms with Crippen LogP contribution in [0.25, 0.3) is 6.08 Å². The molecular weight excluding hydrogens is 403 g/mol. The number of furan rings is 1. The van der Waals surface area contributed by atoms with Crippen LogP contribution in [0.3, 0.4) is 0 Å². The second kappa shape index (κ2) is 8.66. The third-order valence-corrected chi connectivity index (χ3v) is 4.57. The van der Waals surface area contributed by atoms with Crippen molar-refractivity contribution in [3.8, 4) is 5.75 Å². The first kappa shape index (κ1) is 20.1.